The van der Waals surface area contributed by atoms with Crippen LogP contribution in [0.25, 0.3) is 0 Å². The number of benzene rings is 1. The Labute approximate surface area is 124 Å². The highest BCUT2D eigenvalue weighted by molar-refractivity contribution is 7.89. The number of rotatable bonds is 5. The number of sulfonamides is 1. The molecule has 0 saturated heterocycles. The molecule has 0 fully saturated rings. The van der Waals surface area contributed by atoms with Crippen molar-refractivity contribution in [1.29, 1.82) is 0 Å². The monoisotopic (exact) mass is 310 g/mol. The van der Waals surface area contributed by atoms with Crippen LogP contribution in [-0.4, -0.2) is 31.3 Å². The normalized spacial score (nSPS) is 12.0. The van der Waals surface area contributed by atoms with Gasteiger partial charge >= 0.3 is 0 Å². The molecule has 0 N–H and O–H groups in total. The van der Waals surface area contributed by atoms with E-state index >= 15 is 0 Å². The minimum Gasteiger partial charge on any atom is -0.250 e. The first-order valence-electron chi connectivity index (χ1n) is 6.33. The molecule has 0 saturated carbocycles. The topological polar surface area (TPSA) is 50.3 Å². The smallest absolute Gasteiger partial charge is 0.243 e. The van der Waals surface area contributed by atoms with Gasteiger partial charge in [-0.25, -0.2) is 17.7 Å². The van der Waals surface area contributed by atoms with Crippen LogP contribution in [0.1, 0.15) is 16.1 Å². The largest absolute Gasteiger partial charge is 0.250 e. The molecule has 0 amide bonds. The van der Waals surface area contributed by atoms with Crippen molar-refractivity contribution in [3.8, 4) is 0 Å². The van der Waals surface area contributed by atoms with Gasteiger partial charge in [0.05, 0.1) is 9.90 Å². The quantitative estimate of drug-likeness (QED) is 0.853. The molecule has 6 heteroatoms. The average molecular weight is 310 g/mol. The molecular formula is C14H18N2O2S2. The van der Waals surface area contributed by atoms with Gasteiger partial charge in [0.15, 0.2) is 0 Å². The third kappa shape index (κ3) is 3.26. The van der Waals surface area contributed by atoms with Gasteiger partial charge < -0.3 is 0 Å². The highest BCUT2D eigenvalue weighted by Gasteiger charge is 2.22. The Morgan fingerprint density at radius 2 is 2.05 bits per heavy atom. The van der Waals surface area contributed by atoms with Crippen LogP contribution in [0, 0.1) is 13.8 Å². The number of hydrogen-bond acceptors (Lipinski definition) is 4. The van der Waals surface area contributed by atoms with E-state index in [1.165, 1.54) is 4.31 Å². The molecule has 0 aliphatic carbocycles. The molecule has 0 bridgehead atoms. The van der Waals surface area contributed by atoms with E-state index in [0.717, 1.165) is 16.1 Å². The van der Waals surface area contributed by atoms with Gasteiger partial charge in [-0.2, -0.15) is 0 Å². The van der Waals surface area contributed by atoms with Gasteiger partial charge in [0.1, 0.15) is 0 Å². The molecule has 0 aliphatic heterocycles. The molecular weight excluding hydrogens is 292 g/mol. The number of nitrogens with zero attached hydrogens (tertiary/aromatic N) is 2. The predicted molar refractivity (Wildman–Crippen MR) is 81.5 cm³/mol. The summed E-state index contributed by atoms with van der Waals surface area (Å²) < 4.78 is 26.5. The highest BCUT2D eigenvalue weighted by atomic mass is 32.2. The fourth-order valence-electron chi connectivity index (χ4n) is 1.90. The maximum atomic E-state index is 12.6. The third-order valence-corrected chi connectivity index (χ3v) is 5.99. The van der Waals surface area contributed by atoms with Crippen LogP contribution >= 0.6 is 11.3 Å². The van der Waals surface area contributed by atoms with E-state index in [1.807, 2.05) is 31.4 Å². The lowest BCUT2D eigenvalue weighted by atomic mass is 10.2. The molecule has 0 aliphatic rings. The average Bonchev–Trinajstić information content (AvgIpc) is 2.91. The van der Waals surface area contributed by atoms with Gasteiger partial charge in [-0.3, -0.25) is 0 Å². The summed E-state index contributed by atoms with van der Waals surface area (Å²) in [7, 11) is -1.82. The van der Waals surface area contributed by atoms with Gasteiger partial charge in [0, 0.05) is 31.6 Å². The Balaban J connectivity index is 2.18. The van der Waals surface area contributed by atoms with Crippen molar-refractivity contribution in [3.05, 3.63) is 45.9 Å². The molecule has 4 nitrogen and oxygen atoms in total. The second-order valence-electron chi connectivity index (χ2n) is 4.77. The number of thiazole rings is 1. The van der Waals surface area contributed by atoms with Crippen molar-refractivity contribution < 1.29 is 8.42 Å². The molecule has 108 valence electrons. The second-order valence-corrected chi connectivity index (χ2v) is 7.76. The lowest BCUT2D eigenvalue weighted by molar-refractivity contribution is 0.472. The number of likely N-dealkylation sites (N-methyl/N-ethyl adjacent to an activating group) is 1. The summed E-state index contributed by atoms with van der Waals surface area (Å²) in [4.78, 5) is 4.56. The lowest BCUT2D eigenvalue weighted by Gasteiger charge is -2.18. The van der Waals surface area contributed by atoms with Crippen molar-refractivity contribution >= 4 is 21.4 Å². The van der Waals surface area contributed by atoms with Crippen LogP contribution in [-0.2, 0) is 16.4 Å². The number of hydrogen-bond donors (Lipinski definition) is 0. The molecule has 0 atom stereocenters. The molecule has 2 rings (SSSR count). The van der Waals surface area contributed by atoms with Crippen molar-refractivity contribution in [2.75, 3.05) is 13.6 Å². The molecule has 1 aromatic heterocycles. The van der Waals surface area contributed by atoms with Crippen molar-refractivity contribution in [2.24, 2.45) is 0 Å². The fraction of sp³-hybridized carbons (Fsp3) is 0.357. The summed E-state index contributed by atoms with van der Waals surface area (Å²) in [6.45, 7) is 4.15. The van der Waals surface area contributed by atoms with E-state index in [9.17, 15) is 8.42 Å². The summed E-state index contributed by atoms with van der Waals surface area (Å²) in [6, 6.07) is 5.49. The number of aryl methyl sites for hydroxylation is 2. The van der Waals surface area contributed by atoms with Crippen LogP contribution in [0.4, 0.5) is 0 Å². The summed E-state index contributed by atoms with van der Waals surface area (Å²) in [5.41, 5.74) is 1.72. The van der Waals surface area contributed by atoms with E-state index in [0.29, 0.717) is 17.9 Å². The van der Waals surface area contributed by atoms with Crippen LogP contribution < -0.4 is 0 Å². The molecule has 1 aromatic carbocycles. The van der Waals surface area contributed by atoms with Crippen molar-refractivity contribution in [1.82, 2.24) is 9.29 Å². The Bertz CT molecular complexity index is 679. The van der Waals surface area contributed by atoms with Crippen LogP contribution in [0.2, 0.25) is 0 Å². The summed E-state index contributed by atoms with van der Waals surface area (Å²) >= 11 is 1.54. The minimum absolute atomic E-state index is 0.388. The highest BCUT2D eigenvalue weighted by Crippen LogP contribution is 2.20. The van der Waals surface area contributed by atoms with Crippen LogP contribution in [0.3, 0.4) is 0 Å². The lowest BCUT2D eigenvalue weighted by Crippen LogP contribution is -2.29. The van der Waals surface area contributed by atoms with E-state index in [-0.39, 0.29) is 0 Å². The first-order valence-corrected chi connectivity index (χ1v) is 8.65. The van der Waals surface area contributed by atoms with Gasteiger partial charge in [-0.05, 0) is 31.0 Å². The minimum atomic E-state index is -3.44. The summed E-state index contributed by atoms with van der Waals surface area (Å²) in [6.07, 6.45) is 2.37. The third-order valence-electron chi connectivity index (χ3n) is 3.16. The Hall–Kier alpha value is -1.24. The van der Waals surface area contributed by atoms with Crippen molar-refractivity contribution in [3.63, 3.8) is 0 Å². The molecule has 0 radical (unpaired) electrons. The van der Waals surface area contributed by atoms with E-state index in [4.69, 9.17) is 0 Å². The predicted octanol–water partition coefficient (Wildman–Crippen LogP) is 2.62. The second kappa shape index (κ2) is 6.03. The fourth-order valence-corrected chi connectivity index (χ4v) is 3.99. The zero-order valence-electron chi connectivity index (χ0n) is 11.8. The Morgan fingerprint density at radius 3 is 2.70 bits per heavy atom. The van der Waals surface area contributed by atoms with E-state index in [1.54, 1.807) is 30.6 Å². The molecule has 1 heterocycles. The van der Waals surface area contributed by atoms with Gasteiger partial charge in [0.2, 0.25) is 10.0 Å². The maximum absolute atomic E-state index is 12.6. The van der Waals surface area contributed by atoms with Crippen LogP contribution in [0.15, 0.2) is 34.7 Å². The zero-order chi connectivity index (χ0) is 14.8. The first-order chi connectivity index (χ1) is 9.41. The molecule has 2 aromatic rings. The number of aromatic nitrogens is 1. The zero-order valence-corrected chi connectivity index (χ0v) is 13.5. The maximum Gasteiger partial charge on any atom is 0.243 e. The summed E-state index contributed by atoms with van der Waals surface area (Å²) in [5.74, 6) is 0. The molecule has 0 spiro atoms. The van der Waals surface area contributed by atoms with E-state index < -0.39 is 10.0 Å². The molecule has 20 heavy (non-hydrogen) atoms. The van der Waals surface area contributed by atoms with E-state index in [2.05, 4.69) is 4.98 Å². The summed E-state index contributed by atoms with van der Waals surface area (Å²) in [5, 5.41) is 2.85. The van der Waals surface area contributed by atoms with Gasteiger partial charge in [-0.15, -0.1) is 11.3 Å². The Morgan fingerprint density at radius 1 is 1.30 bits per heavy atom. The first kappa shape index (κ1) is 15.2. The van der Waals surface area contributed by atoms with Gasteiger partial charge in [0.25, 0.3) is 0 Å². The molecule has 0 unspecified atom stereocenters. The van der Waals surface area contributed by atoms with Gasteiger partial charge in [-0.1, -0.05) is 12.1 Å². The van der Waals surface area contributed by atoms with Crippen LogP contribution in [0.5, 0.6) is 0 Å². The Kier molecular flexibility index (Phi) is 4.57. The standard InChI is InChI=1S/C14H18N2O2S2/c1-11-4-5-12(2)13(10-11)20(17,18)16(3)8-6-14-15-7-9-19-14/h4-5,7,9-10H,6,8H2,1-3H3. The SMILES string of the molecule is Cc1ccc(C)c(S(=O)(=O)N(C)CCc2nccs2)c1. The van der Waals surface area contributed by atoms with Crippen molar-refractivity contribution in [2.45, 2.75) is 25.2 Å².